The van der Waals surface area contributed by atoms with Gasteiger partial charge in [0.15, 0.2) is 0 Å². The summed E-state index contributed by atoms with van der Waals surface area (Å²) >= 11 is 0. The molecule has 0 saturated heterocycles. The molecule has 0 unspecified atom stereocenters. The quantitative estimate of drug-likeness (QED) is 0.481. The van der Waals surface area contributed by atoms with Gasteiger partial charge in [-0.1, -0.05) is 0 Å². The molecular weight excluding hydrogens is 148 g/mol. The van der Waals surface area contributed by atoms with Gasteiger partial charge in [0, 0.05) is 6.54 Å². The van der Waals surface area contributed by atoms with Crippen LogP contribution in [-0.4, -0.2) is 37.0 Å². The summed E-state index contributed by atoms with van der Waals surface area (Å²) < 4.78 is 4.99. The molecule has 1 amide bonds. The Bertz CT molecular complexity index is 118. The van der Waals surface area contributed by atoms with Crippen LogP contribution in [0.15, 0.2) is 0 Å². The van der Waals surface area contributed by atoms with Gasteiger partial charge in [-0.15, -0.1) is 0 Å². The predicted octanol–water partition coefficient (Wildman–Crippen LogP) is -0.382. The van der Waals surface area contributed by atoms with Gasteiger partial charge < -0.3 is 20.9 Å². The molecule has 0 aromatic carbocycles. The van der Waals surface area contributed by atoms with Crippen LogP contribution in [0.4, 0.5) is 4.79 Å². The topological polar surface area (TPSA) is 84.6 Å². The first-order valence-corrected chi connectivity index (χ1v) is 3.44. The van der Waals surface area contributed by atoms with Gasteiger partial charge in [0.1, 0.15) is 0 Å². The molecule has 11 heavy (non-hydrogen) atoms. The Hall–Kier alpha value is -0.810. The lowest BCUT2D eigenvalue weighted by Gasteiger charge is -2.10. The van der Waals surface area contributed by atoms with Crippen LogP contribution in [0.2, 0.25) is 0 Å². The van der Waals surface area contributed by atoms with Crippen molar-refractivity contribution in [2.75, 3.05) is 19.8 Å². The summed E-state index contributed by atoms with van der Waals surface area (Å²) in [5, 5.41) is 10.5. The second kappa shape index (κ2) is 5.94. The van der Waals surface area contributed by atoms with Gasteiger partial charge in [0.25, 0.3) is 0 Å². The fourth-order valence-corrected chi connectivity index (χ4v) is 0.596. The summed E-state index contributed by atoms with van der Waals surface area (Å²) in [6, 6.07) is -0.181. The average Bonchev–Trinajstić information content (AvgIpc) is 1.86. The Morgan fingerprint density at radius 2 is 2.45 bits per heavy atom. The van der Waals surface area contributed by atoms with Gasteiger partial charge in [0.2, 0.25) is 0 Å². The number of rotatable bonds is 5. The molecule has 0 bridgehead atoms. The van der Waals surface area contributed by atoms with E-state index >= 15 is 0 Å². The lowest BCUT2D eigenvalue weighted by atomic mass is 10.4. The van der Waals surface area contributed by atoms with Crippen LogP contribution in [0.3, 0.4) is 0 Å². The molecule has 0 aliphatic carbocycles. The van der Waals surface area contributed by atoms with E-state index in [2.05, 4.69) is 5.32 Å². The zero-order valence-electron chi connectivity index (χ0n) is 6.54. The lowest BCUT2D eigenvalue weighted by molar-refractivity contribution is 0.118. The lowest BCUT2D eigenvalue weighted by Crippen LogP contribution is -2.35. The third-order valence-corrected chi connectivity index (χ3v) is 1.000. The van der Waals surface area contributed by atoms with Gasteiger partial charge in [-0.3, -0.25) is 0 Å². The Kier molecular flexibility index (Phi) is 5.50. The van der Waals surface area contributed by atoms with Crippen molar-refractivity contribution in [3.05, 3.63) is 0 Å². The molecule has 0 saturated carbocycles. The number of hydrogen-bond donors (Lipinski definition) is 3. The van der Waals surface area contributed by atoms with Crippen LogP contribution in [0.25, 0.3) is 0 Å². The molecule has 4 N–H and O–H groups in total. The SMILES string of the molecule is C[C@H](COCCN)NC(=O)O. The maximum atomic E-state index is 10.1. The van der Waals surface area contributed by atoms with E-state index < -0.39 is 6.09 Å². The number of carboxylic acid groups (broad SMARTS) is 1. The molecule has 0 aliphatic rings. The van der Waals surface area contributed by atoms with Crippen molar-refractivity contribution in [1.82, 2.24) is 5.32 Å². The molecule has 0 fully saturated rings. The first-order valence-electron chi connectivity index (χ1n) is 3.44. The van der Waals surface area contributed by atoms with Crippen LogP contribution in [0.5, 0.6) is 0 Å². The molecule has 0 spiro atoms. The van der Waals surface area contributed by atoms with Crippen LogP contribution < -0.4 is 11.1 Å². The summed E-state index contributed by atoms with van der Waals surface area (Å²) in [6.45, 7) is 3.01. The van der Waals surface area contributed by atoms with E-state index in [1.54, 1.807) is 6.92 Å². The first-order chi connectivity index (χ1) is 5.16. The highest BCUT2D eigenvalue weighted by atomic mass is 16.5. The maximum absolute atomic E-state index is 10.1. The summed E-state index contributed by atoms with van der Waals surface area (Å²) in [4.78, 5) is 10.1. The third kappa shape index (κ3) is 7.08. The number of hydrogen-bond acceptors (Lipinski definition) is 3. The second-order valence-electron chi connectivity index (χ2n) is 2.21. The standard InChI is InChI=1S/C6H14N2O3/c1-5(8-6(9)10)4-11-3-2-7/h5,8H,2-4,7H2,1H3,(H,9,10)/t5-/m1/s1. The number of amides is 1. The van der Waals surface area contributed by atoms with Crippen molar-refractivity contribution < 1.29 is 14.6 Å². The molecular formula is C6H14N2O3. The van der Waals surface area contributed by atoms with Crippen LogP contribution >= 0.6 is 0 Å². The fraction of sp³-hybridized carbons (Fsp3) is 0.833. The highest BCUT2D eigenvalue weighted by Crippen LogP contribution is 1.82. The average molecular weight is 162 g/mol. The van der Waals surface area contributed by atoms with E-state index in [1.165, 1.54) is 0 Å². The number of ether oxygens (including phenoxy) is 1. The number of nitrogens with one attached hydrogen (secondary N) is 1. The molecule has 5 heteroatoms. The minimum Gasteiger partial charge on any atom is -0.465 e. The highest BCUT2D eigenvalue weighted by molar-refractivity contribution is 5.64. The van der Waals surface area contributed by atoms with Crippen molar-refractivity contribution >= 4 is 6.09 Å². The minimum atomic E-state index is -1.03. The number of nitrogens with two attached hydrogens (primary N) is 1. The van der Waals surface area contributed by atoms with Crippen molar-refractivity contribution in [2.24, 2.45) is 5.73 Å². The monoisotopic (exact) mass is 162 g/mol. The first kappa shape index (κ1) is 10.2. The maximum Gasteiger partial charge on any atom is 0.404 e. The van der Waals surface area contributed by atoms with E-state index in [-0.39, 0.29) is 6.04 Å². The minimum absolute atomic E-state index is 0.181. The normalized spacial score (nSPS) is 12.5. The van der Waals surface area contributed by atoms with E-state index in [9.17, 15) is 4.79 Å². The number of carbonyl (C=O) groups is 1. The van der Waals surface area contributed by atoms with Gasteiger partial charge in [-0.25, -0.2) is 4.79 Å². The molecule has 0 aromatic heterocycles. The molecule has 1 atom stereocenters. The van der Waals surface area contributed by atoms with Crippen molar-refractivity contribution in [3.63, 3.8) is 0 Å². The summed E-state index contributed by atoms with van der Waals surface area (Å²) in [6.07, 6.45) is -1.03. The molecule has 66 valence electrons. The third-order valence-electron chi connectivity index (χ3n) is 1.000. The van der Waals surface area contributed by atoms with Crippen LogP contribution in [0, 0.1) is 0 Å². The van der Waals surface area contributed by atoms with Gasteiger partial charge >= 0.3 is 6.09 Å². The molecule has 5 nitrogen and oxygen atoms in total. The zero-order chi connectivity index (χ0) is 8.69. The summed E-state index contributed by atoms with van der Waals surface area (Å²) in [7, 11) is 0. The second-order valence-corrected chi connectivity index (χ2v) is 2.21. The Labute approximate surface area is 65.5 Å². The highest BCUT2D eigenvalue weighted by Gasteiger charge is 2.03. The molecule has 0 aliphatic heterocycles. The molecule has 0 rings (SSSR count). The Morgan fingerprint density at radius 3 is 2.91 bits per heavy atom. The van der Waals surface area contributed by atoms with Crippen molar-refractivity contribution in [2.45, 2.75) is 13.0 Å². The predicted molar refractivity (Wildman–Crippen MR) is 40.5 cm³/mol. The summed E-state index contributed by atoms with van der Waals surface area (Å²) in [5.74, 6) is 0. The van der Waals surface area contributed by atoms with Crippen molar-refractivity contribution in [1.29, 1.82) is 0 Å². The molecule has 0 radical (unpaired) electrons. The van der Waals surface area contributed by atoms with E-state index in [4.69, 9.17) is 15.6 Å². The molecule has 0 aromatic rings. The largest absolute Gasteiger partial charge is 0.465 e. The van der Waals surface area contributed by atoms with Gasteiger partial charge in [-0.2, -0.15) is 0 Å². The summed E-state index contributed by atoms with van der Waals surface area (Å²) in [5.41, 5.74) is 5.15. The smallest absolute Gasteiger partial charge is 0.404 e. The van der Waals surface area contributed by atoms with Crippen LogP contribution in [0.1, 0.15) is 6.92 Å². The Morgan fingerprint density at radius 1 is 1.82 bits per heavy atom. The van der Waals surface area contributed by atoms with Gasteiger partial charge in [0.05, 0.1) is 19.3 Å². The van der Waals surface area contributed by atoms with Crippen LogP contribution in [-0.2, 0) is 4.74 Å². The van der Waals surface area contributed by atoms with E-state index in [1.807, 2.05) is 0 Å². The van der Waals surface area contributed by atoms with Crippen molar-refractivity contribution in [3.8, 4) is 0 Å². The van der Waals surface area contributed by atoms with E-state index in [0.29, 0.717) is 19.8 Å². The molecule has 0 heterocycles. The van der Waals surface area contributed by atoms with E-state index in [0.717, 1.165) is 0 Å². The zero-order valence-corrected chi connectivity index (χ0v) is 6.54. The van der Waals surface area contributed by atoms with Gasteiger partial charge in [-0.05, 0) is 6.92 Å². The fourth-order valence-electron chi connectivity index (χ4n) is 0.596. The Balaban J connectivity index is 3.22.